The lowest BCUT2D eigenvalue weighted by atomic mass is 9.84. The van der Waals surface area contributed by atoms with Gasteiger partial charge in [-0.1, -0.05) is 43.2 Å². The number of carbonyl (C=O) groups is 1. The number of benzene rings is 2. The summed E-state index contributed by atoms with van der Waals surface area (Å²) >= 11 is 0. The molecule has 9 heteroatoms. The fourth-order valence-corrected chi connectivity index (χ4v) is 3.88. The molecule has 0 spiro atoms. The van der Waals surface area contributed by atoms with Gasteiger partial charge in [0, 0.05) is 36.5 Å². The Morgan fingerprint density at radius 1 is 1.26 bits per heavy atom. The summed E-state index contributed by atoms with van der Waals surface area (Å²) in [6.45, 7) is 7.16. The molecule has 2 aromatic rings. The molecule has 1 heterocycles. The first kappa shape index (κ1) is 26.1. The summed E-state index contributed by atoms with van der Waals surface area (Å²) in [4.78, 5) is 21.3. The van der Waals surface area contributed by atoms with Crippen molar-refractivity contribution in [2.45, 2.75) is 51.8 Å². The summed E-state index contributed by atoms with van der Waals surface area (Å²) in [6.07, 6.45) is 0.350. The van der Waals surface area contributed by atoms with Crippen LogP contribution in [-0.2, 0) is 22.5 Å². The number of aliphatic imine (C=N–C) groups is 1. The molecule has 9 nitrogen and oxygen atoms in total. The molecule has 0 saturated carbocycles. The van der Waals surface area contributed by atoms with Crippen LogP contribution in [0.15, 0.2) is 58.6 Å². The largest absolute Gasteiger partial charge is 0.494 e. The van der Waals surface area contributed by atoms with Crippen LogP contribution in [0.1, 0.15) is 43.9 Å². The molecule has 1 aliphatic heterocycles. The normalized spacial score (nSPS) is 19.0. The van der Waals surface area contributed by atoms with E-state index in [1.165, 1.54) is 0 Å². The molecule has 0 saturated heterocycles. The van der Waals surface area contributed by atoms with E-state index in [0.717, 1.165) is 16.7 Å². The summed E-state index contributed by atoms with van der Waals surface area (Å²) in [5.41, 5.74) is 10.1. The van der Waals surface area contributed by atoms with Crippen LogP contribution in [0, 0.1) is 5.92 Å². The molecule has 0 aromatic heterocycles. The predicted octanol–water partition coefficient (Wildman–Crippen LogP) is 4.18. The lowest BCUT2D eigenvalue weighted by molar-refractivity contribution is -0.128. The average molecular weight is 480 g/mol. The number of ether oxygens (including phenoxy) is 2. The number of amides is 1. The predicted molar refractivity (Wildman–Crippen MR) is 134 cm³/mol. The second-order valence-corrected chi connectivity index (χ2v) is 8.99. The van der Waals surface area contributed by atoms with Gasteiger partial charge in [0.05, 0.1) is 13.2 Å². The third-order valence-corrected chi connectivity index (χ3v) is 5.88. The molecular formula is C26H33N5O4. The number of aliphatic hydroxyl groups excluding tert-OH is 1. The Bertz CT molecular complexity index is 1080. The van der Waals surface area contributed by atoms with Crippen molar-refractivity contribution in [1.82, 2.24) is 5.32 Å². The van der Waals surface area contributed by atoms with Gasteiger partial charge in [0.25, 0.3) is 5.91 Å². The van der Waals surface area contributed by atoms with Gasteiger partial charge in [-0.3, -0.25) is 4.79 Å². The van der Waals surface area contributed by atoms with Gasteiger partial charge < -0.3 is 19.9 Å². The van der Waals surface area contributed by atoms with E-state index in [-0.39, 0.29) is 25.0 Å². The van der Waals surface area contributed by atoms with E-state index in [2.05, 4.69) is 15.3 Å². The third-order valence-electron chi connectivity index (χ3n) is 5.88. The average Bonchev–Trinajstić information content (AvgIpc) is 3.19. The quantitative estimate of drug-likeness (QED) is 0.205. The van der Waals surface area contributed by atoms with Crippen LogP contribution in [0.5, 0.6) is 5.75 Å². The Kier molecular flexibility index (Phi) is 9.11. The van der Waals surface area contributed by atoms with Gasteiger partial charge in [-0.15, -0.1) is 0 Å². The minimum atomic E-state index is -1.17. The Morgan fingerprint density at radius 2 is 1.97 bits per heavy atom. The number of azide groups is 1. The number of nitrogens with one attached hydrogen (secondary N) is 1. The number of rotatable bonds is 12. The van der Waals surface area contributed by atoms with E-state index in [0.29, 0.717) is 37.6 Å². The second-order valence-electron chi connectivity index (χ2n) is 8.99. The van der Waals surface area contributed by atoms with Crippen LogP contribution in [0.25, 0.3) is 10.4 Å². The highest BCUT2D eigenvalue weighted by molar-refractivity contribution is 6.00. The third kappa shape index (κ3) is 6.53. The molecule has 2 atom stereocenters. The zero-order chi connectivity index (χ0) is 25.3. The molecule has 3 rings (SSSR count). The fourth-order valence-electron chi connectivity index (χ4n) is 3.88. The highest BCUT2D eigenvalue weighted by Crippen LogP contribution is 2.34. The highest BCUT2D eigenvalue weighted by atomic mass is 16.5. The summed E-state index contributed by atoms with van der Waals surface area (Å²) in [5, 5.41) is 15.7. The highest BCUT2D eigenvalue weighted by Gasteiger charge is 2.50. The minimum Gasteiger partial charge on any atom is -0.494 e. The molecule has 0 fully saturated rings. The van der Waals surface area contributed by atoms with Crippen molar-refractivity contribution in [3.8, 4) is 5.75 Å². The molecule has 0 radical (unpaired) electrons. The van der Waals surface area contributed by atoms with Crippen molar-refractivity contribution in [3.05, 3.63) is 75.7 Å². The maximum Gasteiger partial charge on any atom is 0.252 e. The van der Waals surface area contributed by atoms with Crippen molar-refractivity contribution in [2.75, 3.05) is 19.8 Å². The van der Waals surface area contributed by atoms with Gasteiger partial charge in [0.15, 0.2) is 5.54 Å². The molecule has 35 heavy (non-hydrogen) atoms. The van der Waals surface area contributed by atoms with Crippen molar-refractivity contribution in [3.63, 3.8) is 0 Å². The van der Waals surface area contributed by atoms with Gasteiger partial charge in [-0.05, 0) is 53.8 Å². The zero-order valence-corrected chi connectivity index (χ0v) is 20.5. The first-order chi connectivity index (χ1) is 16.9. The van der Waals surface area contributed by atoms with Gasteiger partial charge in [0.2, 0.25) is 5.90 Å². The van der Waals surface area contributed by atoms with E-state index in [4.69, 9.17) is 25.1 Å². The summed E-state index contributed by atoms with van der Waals surface area (Å²) in [7, 11) is 0. The second kappa shape index (κ2) is 12.2. The monoisotopic (exact) mass is 479 g/mol. The van der Waals surface area contributed by atoms with E-state index in [1.807, 2.05) is 69.3 Å². The number of hydrogen-bond acceptors (Lipinski definition) is 6. The van der Waals surface area contributed by atoms with Crippen molar-refractivity contribution in [2.24, 2.45) is 16.0 Å². The van der Waals surface area contributed by atoms with E-state index >= 15 is 0 Å². The van der Waals surface area contributed by atoms with Crippen molar-refractivity contribution < 1.29 is 19.4 Å². The van der Waals surface area contributed by atoms with Crippen LogP contribution in [0.4, 0.5) is 0 Å². The number of nitrogens with zero attached hydrogens (tertiary/aromatic N) is 4. The van der Waals surface area contributed by atoms with Crippen LogP contribution >= 0.6 is 0 Å². The van der Waals surface area contributed by atoms with E-state index < -0.39 is 11.6 Å². The molecule has 1 amide bonds. The van der Waals surface area contributed by atoms with Gasteiger partial charge in [-0.2, -0.15) is 0 Å². The van der Waals surface area contributed by atoms with Gasteiger partial charge >= 0.3 is 0 Å². The van der Waals surface area contributed by atoms with Crippen molar-refractivity contribution >= 4 is 11.8 Å². The number of hydrogen-bond donors (Lipinski definition) is 2. The van der Waals surface area contributed by atoms with Crippen LogP contribution in [0.2, 0.25) is 0 Å². The Balaban J connectivity index is 1.94. The summed E-state index contributed by atoms with van der Waals surface area (Å²) in [6, 6.07) is 14.9. The molecule has 0 aliphatic carbocycles. The maximum atomic E-state index is 13.6. The SMILES string of the molecule is CC(C)CNC(=O)[C@]1(Cc2ccccc2CN=[N+]=[N-])N=C(c2ccc(OCCCO)cc2)O[C@@H]1C. The Hall–Kier alpha value is -3.55. The first-order valence-electron chi connectivity index (χ1n) is 11.9. The van der Waals surface area contributed by atoms with E-state index in [9.17, 15) is 4.79 Å². The molecule has 186 valence electrons. The van der Waals surface area contributed by atoms with Gasteiger partial charge in [0.1, 0.15) is 11.9 Å². The Morgan fingerprint density at radius 3 is 2.63 bits per heavy atom. The zero-order valence-electron chi connectivity index (χ0n) is 20.5. The summed E-state index contributed by atoms with van der Waals surface area (Å²) < 4.78 is 11.8. The molecule has 2 N–H and O–H groups in total. The first-order valence-corrected chi connectivity index (χ1v) is 11.9. The smallest absolute Gasteiger partial charge is 0.252 e. The molecule has 2 aromatic carbocycles. The topological polar surface area (TPSA) is 129 Å². The van der Waals surface area contributed by atoms with Crippen LogP contribution in [-0.4, -0.2) is 48.3 Å². The Labute approximate surface area is 205 Å². The molecule has 1 aliphatic rings. The molecule has 0 bridgehead atoms. The lowest BCUT2D eigenvalue weighted by Crippen LogP contribution is -2.53. The van der Waals surface area contributed by atoms with Crippen molar-refractivity contribution in [1.29, 1.82) is 0 Å². The van der Waals surface area contributed by atoms with E-state index in [1.54, 1.807) is 0 Å². The lowest BCUT2D eigenvalue weighted by Gasteiger charge is -2.29. The minimum absolute atomic E-state index is 0.0769. The van der Waals surface area contributed by atoms with Crippen LogP contribution < -0.4 is 10.1 Å². The fraction of sp³-hybridized carbons (Fsp3) is 0.462. The summed E-state index contributed by atoms with van der Waals surface area (Å²) in [5.74, 6) is 1.16. The molecule has 0 unspecified atom stereocenters. The number of aliphatic hydroxyl groups is 1. The standard InChI is InChI=1S/C26H33N5O4/c1-18(2)16-28-25(33)26(15-21-7-4-5-8-22(21)17-29-31-27)19(3)35-24(30-26)20-9-11-23(12-10-20)34-14-6-13-32/h4-5,7-12,18-19,32H,6,13-17H2,1-3H3,(H,28,33)/t19-,26-/m1/s1. The van der Waals surface area contributed by atoms with Gasteiger partial charge in [-0.25, -0.2) is 4.99 Å². The van der Waals surface area contributed by atoms with Crippen LogP contribution in [0.3, 0.4) is 0 Å². The molecular weight excluding hydrogens is 446 g/mol. The number of carbonyl (C=O) groups excluding carboxylic acids is 1. The maximum absolute atomic E-state index is 13.6.